The van der Waals surface area contributed by atoms with Crippen molar-refractivity contribution in [3.05, 3.63) is 0 Å². The SMILES string of the molecule is O=C(NCCC1CCOC1)N1CCCCCC1. The summed E-state index contributed by atoms with van der Waals surface area (Å²) in [6.07, 6.45) is 7.05. The minimum absolute atomic E-state index is 0.130. The van der Waals surface area contributed by atoms with Crippen LogP contribution >= 0.6 is 0 Å². The van der Waals surface area contributed by atoms with Crippen molar-refractivity contribution in [1.29, 1.82) is 0 Å². The van der Waals surface area contributed by atoms with Crippen molar-refractivity contribution >= 4 is 6.03 Å². The lowest BCUT2D eigenvalue weighted by Gasteiger charge is -2.21. The summed E-state index contributed by atoms with van der Waals surface area (Å²) >= 11 is 0. The number of nitrogens with zero attached hydrogens (tertiary/aromatic N) is 1. The quantitative estimate of drug-likeness (QED) is 0.819. The Hall–Kier alpha value is -0.770. The molecule has 0 aromatic heterocycles. The zero-order valence-corrected chi connectivity index (χ0v) is 10.6. The first-order valence-corrected chi connectivity index (χ1v) is 6.97. The molecule has 4 heteroatoms. The zero-order valence-electron chi connectivity index (χ0n) is 10.6. The first-order valence-electron chi connectivity index (χ1n) is 6.97. The van der Waals surface area contributed by atoms with Crippen molar-refractivity contribution in [3.63, 3.8) is 0 Å². The fourth-order valence-electron chi connectivity index (χ4n) is 2.58. The molecule has 2 fully saturated rings. The van der Waals surface area contributed by atoms with E-state index in [1.807, 2.05) is 4.90 Å². The summed E-state index contributed by atoms with van der Waals surface area (Å²) in [4.78, 5) is 13.9. The topological polar surface area (TPSA) is 41.6 Å². The van der Waals surface area contributed by atoms with Gasteiger partial charge < -0.3 is 15.0 Å². The monoisotopic (exact) mass is 240 g/mol. The molecule has 1 atom stereocenters. The van der Waals surface area contributed by atoms with Gasteiger partial charge in [-0.25, -0.2) is 4.79 Å². The van der Waals surface area contributed by atoms with Crippen LogP contribution in [-0.4, -0.2) is 43.8 Å². The van der Waals surface area contributed by atoms with Crippen LogP contribution in [0.5, 0.6) is 0 Å². The third kappa shape index (κ3) is 4.19. The van der Waals surface area contributed by atoms with E-state index in [9.17, 15) is 4.79 Å². The molecule has 2 aliphatic heterocycles. The van der Waals surface area contributed by atoms with E-state index >= 15 is 0 Å². The summed E-state index contributed by atoms with van der Waals surface area (Å²) < 4.78 is 5.32. The highest BCUT2D eigenvalue weighted by Gasteiger charge is 2.17. The minimum atomic E-state index is 0.130. The van der Waals surface area contributed by atoms with Gasteiger partial charge in [0.1, 0.15) is 0 Å². The lowest BCUT2D eigenvalue weighted by atomic mass is 10.1. The Labute approximate surface area is 104 Å². The normalized spacial score (nSPS) is 25.6. The van der Waals surface area contributed by atoms with Crippen molar-refractivity contribution in [2.75, 3.05) is 32.8 Å². The van der Waals surface area contributed by atoms with E-state index in [-0.39, 0.29) is 6.03 Å². The number of carbonyl (C=O) groups is 1. The molecule has 0 saturated carbocycles. The van der Waals surface area contributed by atoms with Gasteiger partial charge >= 0.3 is 6.03 Å². The van der Waals surface area contributed by atoms with Gasteiger partial charge in [0, 0.05) is 32.8 Å². The van der Waals surface area contributed by atoms with Crippen molar-refractivity contribution in [1.82, 2.24) is 10.2 Å². The highest BCUT2D eigenvalue weighted by molar-refractivity contribution is 5.74. The molecule has 2 saturated heterocycles. The largest absolute Gasteiger partial charge is 0.381 e. The maximum absolute atomic E-state index is 11.9. The fraction of sp³-hybridized carbons (Fsp3) is 0.923. The molecule has 98 valence electrons. The Bertz CT molecular complexity index is 232. The number of hydrogen-bond acceptors (Lipinski definition) is 2. The van der Waals surface area contributed by atoms with Crippen LogP contribution in [0.4, 0.5) is 4.79 Å². The summed E-state index contributed by atoms with van der Waals surface area (Å²) in [5.41, 5.74) is 0. The molecular formula is C13H24N2O2. The minimum Gasteiger partial charge on any atom is -0.381 e. The second-order valence-electron chi connectivity index (χ2n) is 5.15. The van der Waals surface area contributed by atoms with Crippen molar-refractivity contribution < 1.29 is 9.53 Å². The van der Waals surface area contributed by atoms with Crippen LogP contribution in [0.2, 0.25) is 0 Å². The maximum Gasteiger partial charge on any atom is 0.317 e. The van der Waals surface area contributed by atoms with E-state index < -0.39 is 0 Å². The highest BCUT2D eigenvalue weighted by Crippen LogP contribution is 2.15. The van der Waals surface area contributed by atoms with Crippen molar-refractivity contribution in [2.24, 2.45) is 5.92 Å². The maximum atomic E-state index is 11.9. The number of carbonyl (C=O) groups excluding carboxylic acids is 1. The Kier molecular flexibility index (Phi) is 5.10. The fourth-order valence-corrected chi connectivity index (χ4v) is 2.58. The van der Waals surface area contributed by atoms with Gasteiger partial charge in [0.15, 0.2) is 0 Å². The summed E-state index contributed by atoms with van der Waals surface area (Å²) in [7, 11) is 0. The van der Waals surface area contributed by atoms with Crippen LogP contribution in [0, 0.1) is 5.92 Å². The summed E-state index contributed by atoms with van der Waals surface area (Å²) in [6, 6.07) is 0.130. The molecule has 0 aromatic rings. The number of amides is 2. The van der Waals surface area contributed by atoms with Gasteiger partial charge in [0.05, 0.1) is 0 Å². The van der Waals surface area contributed by atoms with Crippen LogP contribution in [0.25, 0.3) is 0 Å². The van der Waals surface area contributed by atoms with Crippen LogP contribution in [0.1, 0.15) is 38.5 Å². The van der Waals surface area contributed by atoms with Crippen LogP contribution in [-0.2, 0) is 4.74 Å². The van der Waals surface area contributed by atoms with E-state index in [0.29, 0.717) is 5.92 Å². The molecule has 2 amide bonds. The van der Waals surface area contributed by atoms with Gasteiger partial charge in [-0.1, -0.05) is 12.8 Å². The molecule has 4 nitrogen and oxygen atoms in total. The third-order valence-corrected chi connectivity index (χ3v) is 3.75. The van der Waals surface area contributed by atoms with E-state index in [1.165, 1.54) is 12.8 Å². The molecule has 2 aliphatic rings. The van der Waals surface area contributed by atoms with E-state index in [4.69, 9.17) is 4.74 Å². The number of nitrogens with one attached hydrogen (secondary N) is 1. The molecular weight excluding hydrogens is 216 g/mol. The molecule has 0 spiro atoms. The first-order chi connectivity index (χ1) is 8.36. The van der Waals surface area contributed by atoms with Gasteiger partial charge in [-0.15, -0.1) is 0 Å². The Morgan fingerprint density at radius 2 is 2.00 bits per heavy atom. The second-order valence-corrected chi connectivity index (χ2v) is 5.15. The third-order valence-electron chi connectivity index (χ3n) is 3.75. The average molecular weight is 240 g/mol. The summed E-state index contributed by atoms with van der Waals surface area (Å²) in [6.45, 7) is 4.42. The lowest BCUT2D eigenvalue weighted by Crippen LogP contribution is -2.41. The number of ether oxygens (including phenoxy) is 1. The zero-order chi connectivity index (χ0) is 11.9. The average Bonchev–Trinajstić information content (AvgIpc) is 2.69. The van der Waals surface area contributed by atoms with Gasteiger partial charge in [-0.05, 0) is 31.6 Å². The highest BCUT2D eigenvalue weighted by atomic mass is 16.5. The lowest BCUT2D eigenvalue weighted by molar-refractivity contribution is 0.182. The molecule has 0 aromatic carbocycles. The molecule has 1 N–H and O–H groups in total. The smallest absolute Gasteiger partial charge is 0.317 e. The molecule has 17 heavy (non-hydrogen) atoms. The standard InChI is InChI=1S/C13H24N2O2/c16-13(15-8-3-1-2-4-9-15)14-7-5-12-6-10-17-11-12/h12H,1-11H2,(H,14,16). The molecule has 2 heterocycles. The number of urea groups is 1. The van der Waals surface area contributed by atoms with E-state index in [2.05, 4.69) is 5.32 Å². The first kappa shape index (κ1) is 12.7. The Morgan fingerprint density at radius 1 is 1.24 bits per heavy atom. The molecule has 1 unspecified atom stereocenters. The van der Waals surface area contributed by atoms with Crippen molar-refractivity contribution in [2.45, 2.75) is 38.5 Å². The number of likely N-dealkylation sites (tertiary alicyclic amines) is 1. The van der Waals surface area contributed by atoms with Crippen LogP contribution in [0.3, 0.4) is 0 Å². The van der Waals surface area contributed by atoms with Gasteiger partial charge in [-0.3, -0.25) is 0 Å². The molecule has 0 aliphatic carbocycles. The van der Waals surface area contributed by atoms with Crippen molar-refractivity contribution in [3.8, 4) is 0 Å². The van der Waals surface area contributed by atoms with E-state index in [0.717, 1.165) is 58.5 Å². The van der Waals surface area contributed by atoms with Crippen LogP contribution in [0.15, 0.2) is 0 Å². The van der Waals surface area contributed by atoms with Gasteiger partial charge in [-0.2, -0.15) is 0 Å². The number of rotatable bonds is 3. The molecule has 0 radical (unpaired) electrons. The molecule has 2 rings (SSSR count). The second kappa shape index (κ2) is 6.84. The van der Waals surface area contributed by atoms with Crippen LogP contribution < -0.4 is 5.32 Å². The molecule has 0 bridgehead atoms. The summed E-state index contributed by atoms with van der Waals surface area (Å²) in [5, 5.41) is 3.04. The summed E-state index contributed by atoms with van der Waals surface area (Å²) in [5.74, 6) is 0.652. The Morgan fingerprint density at radius 3 is 2.65 bits per heavy atom. The predicted molar refractivity (Wildman–Crippen MR) is 67.0 cm³/mol. The van der Waals surface area contributed by atoms with E-state index in [1.54, 1.807) is 0 Å². The van der Waals surface area contributed by atoms with Gasteiger partial charge in [0.2, 0.25) is 0 Å². The van der Waals surface area contributed by atoms with Gasteiger partial charge in [0.25, 0.3) is 0 Å². The predicted octanol–water partition coefficient (Wildman–Crippen LogP) is 2.00. The Balaban J connectivity index is 1.61. The number of hydrogen-bond donors (Lipinski definition) is 1.